The first-order valence-electron chi connectivity index (χ1n) is 15.0. The molecule has 0 bridgehead atoms. The summed E-state index contributed by atoms with van der Waals surface area (Å²) in [6.45, 7) is 7.37. The number of aryl methyl sites for hydroxylation is 2. The van der Waals surface area contributed by atoms with E-state index in [0.717, 1.165) is 33.0 Å². The molecule has 0 aromatic heterocycles. The van der Waals surface area contributed by atoms with Crippen molar-refractivity contribution in [1.29, 1.82) is 0 Å². The molecular formula is C36H40ClN3O4S. The van der Waals surface area contributed by atoms with Crippen molar-refractivity contribution in [1.82, 2.24) is 10.2 Å². The summed E-state index contributed by atoms with van der Waals surface area (Å²) in [6, 6.07) is 29.1. The summed E-state index contributed by atoms with van der Waals surface area (Å²) in [6.07, 6.45) is 0.977. The number of anilines is 1. The lowest BCUT2D eigenvalue weighted by Crippen LogP contribution is -2.54. The third-order valence-corrected chi connectivity index (χ3v) is 9.75. The number of carbonyl (C=O) groups is 2. The normalized spacial score (nSPS) is 12.6. The monoisotopic (exact) mass is 645 g/mol. The van der Waals surface area contributed by atoms with Crippen LogP contribution in [0.1, 0.15) is 42.5 Å². The van der Waals surface area contributed by atoms with Crippen molar-refractivity contribution in [2.75, 3.05) is 10.8 Å². The second kappa shape index (κ2) is 15.2. The minimum absolute atomic E-state index is 0.000795. The number of sulfonamides is 1. The number of amides is 2. The molecule has 2 amide bonds. The van der Waals surface area contributed by atoms with E-state index in [4.69, 9.17) is 11.6 Å². The van der Waals surface area contributed by atoms with E-state index in [1.165, 1.54) is 29.2 Å². The van der Waals surface area contributed by atoms with Gasteiger partial charge in [0.1, 0.15) is 12.6 Å². The number of halogens is 1. The first-order chi connectivity index (χ1) is 21.5. The summed E-state index contributed by atoms with van der Waals surface area (Å²) in [7, 11) is -4.19. The topological polar surface area (TPSA) is 86.8 Å². The lowest BCUT2D eigenvalue weighted by molar-refractivity contribution is -0.140. The van der Waals surface area contributed by atoms with Gasteiger partial charge in [-0.2, -0.15) is 0 Å². The van der Waals surface area contributed by atoms with Crippen LogP contribution in [0.5, 0.6) is 0 Å². The summed E-state index contributed by atoms with van der Waals surface area (Å²) < 4.78 is 29.3. The van der Waals surface area contributed by atoms with E-state index in [1.807, 2.05) is 82.3 Å². The van der Waals surface area contributed by atoms with Gasteiger partial charge in [0.05, 0.1) is 10.6 Å². The van der Waals surface area contributed by atoms with Gasteiger partial charge >= 0.3 is 0 Å². The molecule has 0 aliphatic heterocycles. The van der Waals surface area contributed by atoms with Gasteiger partial charge in [0.15, 0.2) is 0 Å². The molecule has 0 saturated carbocycles. The number of hydrogen-bond acceptors (Lipinski definition) is 4. The van der Waals surface area contributed by atoms with Crippen LogP contribution in [-0.2, 0) is 32.6 Å². The van der Waals surface area contributed by atoms with Crippen molar-refractivity contribution in [3.8, 4) is 0 Å². The highest BCUT2D eigenvalue weighted by molar-refractivity contribution is 7.92. The van der Waals surface area contributed by atoms with Crippen LogP contribution in [0.4, 0.5) is 5.69 Å². The van der Waals surface area contributed by atoms with Crippen LogP contribution < -0.4 is 9.62 Å². The number of carbonyl (C=O) groups excluding carboxylic acids is 2. The summed E-state index contributed by atoms with van der Waals surface area (Å²) >= 11 is 6.06. The number of hydrogen-bond donors (Lipinski definition) is 1. The zero-order valence-corrected chi connectivity index (χ0v) is 27.7. The fourth-order valence-corrected chi connectivity index (χ4v) is 6.52. The largest absolute Gasteiger partial charge is 0.352 e. The number of benzene rings is 4. The first-order valence-corrected chi connectivity index (χ1v) is 16.8. The smallest absolute Gasteiger partial charge is 0.264 e. The zero-order valence-electron chi connectivity index (χ0n) is 26.1. The number of rotatable bonds is 13. The Morgan fingerprint density at radius 1 is 0.822 bits per heavy atom. The molecule has 0 unspecified atom stereocenters. The summed E-state index contributed by atoms with van der Waals surface area (Å²) in [5, 5.41) is 3.45. The lowest BCUT2D eigenvalue weighted by atomic mass is 10.0. The summed E-state index contributed by atoms with van der Waals surface area (Å²) in [5.74, 6) is -0.800. The Bertz CT molecular complexity index is 1690. The van der Waals surface area contributed by atoms with Crippen LogP contribution in [0.15, 0.2) is 108 Å². The van der Waals surface area contributed by atoms with Crippen LogP contribution in [0, 0.1) is 13.8 Å². The Kier molecular flexibility index (Phi) is 11.4. The third kappa shape index (κ3) is 8.96. The molecular weight excluding hydrogens is 606 g/mol. The second-order valence-electron chi connectivity index (χ2n) is 11.3. The first kappa shape index (κ1) is 33.7. The highest BCUT2D eigenvalue weighted by Gasteiger charge is 2.35. The fourth-order valence-electron chi connectivity index (χ4n) is 4.98. The Labute approximate surface area is 271 Å². The molecule has 0 aliphatic carbocycles. The van der Waals surface area contributed by atoms with Crippen LogP contribution >= 0.6 is 11.6 Å². The Balaban J connectivity index is 1.80. The molecule has 4 aromatic rings. The number of nitrogens with zero attached hydrogens (tertiary/aromatic N) is 2. The van der Waals surface area contributed by atoms with Crippen molar-refractivity contribution in [3.05, 3.63) is 130 Å². The van der Waals surface area contributed by atoms with E-state index in [1.54, 1.807) is 24.3 Å². The Morgan fingerprint density at radius 3 is 2.09 bits per heavy atom. The van der Waals surface area contributed by atoms with Gasteiger partial charge in [-0.15, -0.1) is 0 Å². The maximum Gasteiger partial charge on any atom is 0.264 e. The van der Waals surface area contributed by atoms with E-state index in [-0.39, 0.29) is 29.8 Å². The summed E-state index contributed by atoms with van der Waals surface area (Å²) in [4.78, 5) is 30.0. The highest BCUT2D eigenvalue weighted by atomic mass is 35.5. The molecule has 1 N–H and O–H groups in total. The molecule has 0 spiro atoms. The Morgan fingerprint density at radius 2 is 1.47 bits per heavy atom. The van der Waals surface area contributed by atoms with E-state index in [0.29, 0.717) is 10.7 Å². The van der Waals surface area contributed by atoms with E-state index in [9.17, 15) is 18.0 Å². The van der Waals surface area contributed by atoms with Crippen molar-refractivity contribution < 1.29 is 18.0 Å². The maximum absolute atomic E-state index is 14.5. The van der Waals surface area contributed by atoms with Crippen LogP contribution in [-0.4, -0.2) is 43.8 Å². The molecule has 2 atom stereocenters. The van der Waals surface area contributed by atoms with Gasteiger partial charge in [0, 0.05) is 24.0 Å². The van der Waals surface area contributed by atoms with Crippen LogP contribution in [0.25, 0.3) is 0 Å². The van der Waals surface area contributed by atoms with Gasteiger partial charge in [-0.25, -0.2) is 8.42 Å². The average Bonchev–Trinajstić information content (AvgIpc) is 3.02. The predicted octanol–water partition coefficient (Wildman–Crippen LogP) is 6.71. The molecule has 4 aromatic carbocycles. The van der Waals surface area contributed by atoms with Gasteiger partial charge in [-0.3, -0.25) is 13.9 Å². The molecule has 0 saturated heterocycles. The molecule has 0 heterocycles. The minimum Gasteiger partial charge on any atom is -0.352 e. The number of nitrogens with one attached hydrogen (secondary N) is 1. The van der Waals surface area contributed by atoms with E-state index >= 15 is 0 Å². The van der Waals surface area contributed by atoms with E-state index < -0.39 is 28.5 Å². The van der Waals surface area contributed by atoms with Gasteiger partial charge in [-0.05, 0) is 74.7 Å². The van der Waals surface area contributed by atoms with Crippen molar-refractivity contribution >= 4 is 39.1 Å². The predicted molar refractivity (Wildman–Crippen MR) is 181 cm³/mol. The van der Waals surface area contributed by atoms with Gasteiger partial charge in [-0.1, -0.05) is 96.4 Å². The second-order valence-corrected chi connectivity index (χ2v) is 13.6. The van der Waals surface area contributed by atoms with Gasteiger partial charge in [0.2, 0.25) is 11.8 Å². The molecule has 236 valence electrons. The average molecular weight is 646 g/mol. The molecule has 0 radical (unpaired) electrons. The third-order valence-electron chi connectivity index (χ3n) is 7.71. The van der Waals surface area contributed by atoms with Crippen molar-refractivity contribution in [2.45, 2.75) is 64.1 Å². The standard InChI is InChI=1S/C36H40ClN3O4S/c1-5-28(4)38-36(42)34(23-29-11-7-6-8-12-29)39(24-30-13-9-10-27(3)22-30)35(41)25-40(32-18-14-26(2)15-19-32)45(43,44)33-20-16-31(37)17-21-33/h6-22,28,34H,5,23-25H2,1-4H3,(H,38,42)/t28-,34+/m1/s1. The fraction of sp³-hybridized carbons (Fsp3) is 0.278. The SMILES string of the molecule is CC[C@@H](C)NC(=O)[C@H](Cc1ccccc1)N(Cc1cccc(C)c1)C(=O)CN(c1ccc(C)cc1)S(=O)(=O)c1ccc(Cl)cc1. The quantitative estimate of drug-likeness (QED) is 0.175. The molecule has 7 nitrogen and oxygen atoms in total. The van der Waals surface area contributed by atoms with Gasteiger partial charge in [0.25, 0.3) is 10.0 Å². The van der Waals surface area contributed by atoms with Crippen molar-refractivity contribution in [2.24, 2.45) is 0 Å². The van der Waals surface area contributed by atoms with Crippen molar-refractivity contribution in [3.63, 3.8) is 0 Å². The minimum atomic E-state index is -4.19. The molecule has 9 heteroatoms. The molecule has 0 aliphatic rings. The summed E-state index contributed by atoms with van der Waals surface area (Å²) in [5.41, 5.74) is 4.01. The zero-order chi connectivity index (χ0) is 32.6. The molecule has 45 heavy (non-hydrogen) atoms. The highest BCUT2D eigenvalue weighted by Crippen LogP contribution is 2.26. The van der Waals surface area contributed by atoms with E-state index in [2.05, 4.69) is 5.32 Å². The molecule has 4 rings (SSSR count). The Hall–Kier alpha value is -4.14. The lowest BCUT2D eigenvalue weighted by Gasteiger charge is -2.34. The van der Waals surface area contributed by atoms with Crippen LogP contribution in [0.2, 0.25) is 5.02 Å². The van der Waals surface area contributed by atoms with Gasteiger partial charge < -0.3 is 10.2 Å². The maximum atomic E-state index is 14.5. The van der Waals surface area contributed by atoms with Crippen LogP contribution in [0.3, 0.4) is 0 Å². The molecule has 0 fully saturated rings.